The third-order valence-corrected chi connectivity index (χ3v) is 5.15. The van der Waals surface area contributed by atoms with Gasteiger partial charge in [-0.15, -0.1) is 10.2 Å². The summed E-state index contributed by atoms with van der Waals surface area (Å²) in [4.78, 5) is 12.1. The Bertz CT molecular complexity index is 658. The zero-order valence-corrected chi connectivity index (χ0v) is 13.0. The van der Waals surface area contributed by atoms with Gasteiger partial charge in [0.15, 0.2) is 10.8 Å². The van der Waals surface area contributed by atoms with Gasteiger partial charge < -0.3 is 0 Å². The quantitative estimate of drug-likeness (QED) is 0.780. The highest BCUT2D eigenvalue weighted by Crippen LogP contribution is 2.32. The molecule has 1 aliphatic rings. The van der Waals surface area contributed by atoms with Crippen LogP contribution in [0.15, 0.2) is 17.4 Å². The molecule has 20 heavy (non-hydrogen) atoms. The molecule has 0 spiro atoms. The van der Waals surface area contributed by atoms with Crippen molar-refractivity contribution in [2.75, 3.05) is 0 Å². The summed E-state index contributed by atoms with van der Waals surface area (Å²) in [6.45, 7) is 0. The maximum Gasteiger partial charge on any atom is 0.196 e. The second-order valence-corrected chi connectivity index (χ2v) is 6.87. The van der Waals surface area contributed by atoms with E-state index < -0.39 is 0 Å². The summed E-state index contributed by atoms with van der Waals surface area (Å²) in [6.07, 6.45) is 6.49. The van der Waals surface area contributed by atoms with Crippen LogP contribution in [0.2, 0.25) is 10.0 Å². The van der Waals surface area contributed by atoms with Gasteiger partial charge in [-0.05, 0) is 18.9 Å². The second kappa shape index (κ2) is 5.92. The molecule has 0 amide bonds. The molecule has 0 saturated heterocycles. The fourth-order valence-electron chi connectivity index (χ4n) is 2.36. The maximum absolute atomic E-state index is 12.1. The zero-order valence-electron chi connectivity index (χ0n) is 10.7. The highest BCUT2D eigenvalue weighted by Gasteiger charge is 2.24. The van der Waals surface area contributed by atoms with Crippen LogP contribution in [0.25, 0.3) is 5.65 Å². The van der Waals surface area contributed by atoms with Crippen molar-refractivity contribution in [3.05, 3.63) is 22.3 Å². The average Bonchev–Trinajstić information content (AvgIpc) is 2.68. The van der Waals surface area contributed by atoms with Crippen LogP contribution in [-0.2, 0) is 4.79 Å². The summed E-state index contributed by atoms with van der Waals surface area (Å²) in [5.41, 5.74) is 0.569. The summed E-state index contributed by atoms with van der Waals surface area (Å²) < 4.78 is 1.76. The normalized spacial score (nSPS) is 20.3. The number of hydrogen-bond donors (Lipinski definition) is 0. The van der Waals surface area contributed by atoms with E-state index in [1.54, 1.807) is 16.7 Å². The third-order valence-electron chi connectivity index (χ3n) is 3.39. The molecule has 0 radical (unpaired) electrons. The average molecular weight is 330 g/mol. The standard InChI is InChI=1S/C13H13Cl2N3OS/c14-8-6-9(15)12-16-17-13(18(12)7-8)20-11-5-3-1-2-4-10(11)19/h6-7,11H,1-5H2. The van der Waals surface area contributed by atoms with Crippen molar-refractivity contribution in [2.24, 2.45) is 0 Å². The number of rotatable bonds is 2. The Morgan fingerprint density at radius 1 is 1.25 bits per heavy atom. The Morgan fingerprint density at radius 2 is 2.10 bits per heavy atom. The van der Waals surface area contributed by atoms with Crippen LogP contribution in [-0.4, -0.2) is 25.6 Å². The highest BCUT2D eigenvalue weighted by atomic mass is 35.5. The van der Waals surface area contributed by atoms with Crippen molar-refractivity contribution in [3.63, 3.8) is 0 Å². The van der Waals surface area contributed by atoms with Gasteiger partial charge in [0.05, 0.1) is 15.3 Å². The van der Waals surface area contributed by atoms with E-state index in [0.717, 1.165) is 25.7 Å². The lowest BCUT2D eigenvalue weighted by molar-refractivity contribution is -0.118. The lowest BCUT2D eigenvalue weighted by atomic mass is 10.2. The van der Waals surface area contributed by atoms with E-state index in [2.05, 4.69) is 10.2 Å². The summed E-state index contributed by atoms with van der Waals surface area (Å²) in [7, 11) is 0. The zero-order chi connectivity index (χ0) is 14.1. The van der Waals surface area contributed by atoms with Gasteiger partial charge >= 0.3 is 0 Å². The first-order valence-corrected chi connectivity index (χ1v) is 8.18. The molecule has 2 aromatic rings. The van der Waals surface area contributed by atoms with Crippen LogP contribution in [0.1, 0.15) is 32.1 Å². The van der Waals surface area contributed by atoms with Gasteiger partial charge in [-0.25, -0.2) is 0 Å². The largest absolute Gasteiger partial charge is 0.298 e. The fourth-order valence-corrected chi connectivity index (χ4v) is 4.00. The van der Waals surface area contributed by atoms with E-state index in [4.69, 9.17) is 23.2 Å². The predicted octanol–water partition coefficient (Wildman–Crippen LogP) is 4.03. The smallest absolute Gasteiger partial charge is 0.196 e. The molecule has 7 heteroatoms. The van der Waals surface area contributed by atoms with Gasteiger partial charge in [-0.1, -0.05) is 47.8 Å². The molecule has 0 N–H and O–H groups in total. The Hall–Kier alpha value is -0.780. The summed E-state index contributed by atoms with van der Waals surface area (Å²) in [5, 5.41) is 9.82. The molecule has 1 saturated carbocycles. The number of carbonyl (C=O) groups excluding carboxylic acids is 1. The lowest BCUT2D eigenvalue weighted by Crippen LogP contribution is -2.15. The molecule has 106 valence electrons. The SMILES string of the molecule is O=C1CCCCCC1Sc1nnc2c(Cl)cc(Cl)cn12. The molecule has 1 fully saturated rings. The number of hydrogen-bond acceptors (Lipinski definition) is 4. The van der Waals surface area contributed by atoms with Crippen molar-refractivity contribution in [3.8, 4) is 0 Å². The van der Waals surface area contributed by atoms with Gasteiger partial charge in [0, 0.05) is 12.6 Å². The van der Waals surface area contributed by atoms with Crippen LogP contribution in [0, 0.1) is 0 Å². The monoisotopic (exact) mass is 329 g/mol. The summed E-state index contributed by atoms with van der Waals surface area (Å²) in [6, 6.07) is 1.64. The van der Waals surface area contributed by atoms with Crippen molar-refractivity contribution in [1.82, 2.24) is 14.6 Å². The van der Waals surface area contributed by atoms with E-state index in [9.17, 15) is 4.79 Å². The van der Waals surface area contributed by atoms with E-state index in [-0.39, 0.29) is 5.25 Å². The Kier molecular flexibility index (Phi) is 4.19. The lowest BCUT2D eigenvalue weighted by Gasteiger charge is -2.10. The van der Waals surface area contributed by atoms with Crippen LogP contribution in [0.4, 0.5) is 0 Å². The Labute approximate surface area is 130 Å². The third kappa shape index (κ3) is 2.80. The molecular formula is C13H13Cl2N3OS. The number of pyridine rings is 1. The van der Waals surface area contributed by atoms with Gasteiger partial charge in [0.25, 0.3) is 0 Å². The number of nitrogens with zero attached hydrogens (tertiary/aromatic N) is 3. The first-order chi connectivity index (χ1) is 9.65. The number of Topliss-reactive ketones (excluding diaryl/α,β-unsaturated/α-hetero) is 1. The molecule has 2 aromatic heterocycles. The van der Waals surface area contributed by atoms with Crippen LogP contribution < -0.4 is 0 Å². The van der Waals surface area contributed by atoms with Gasteiger partial charge in [0.1, 0.15) is 5.78 Å². The minimum Gasteiger partial charge on any atom is -0.298 e. The van der Waals surface area contributed by atoms with Gasteiger partial charge in [-0.3, -0.25) is 9.20 Å². The van der Waals surface area contributed by atoms with Crippen molar-refractivity contribution >= 4 is 46.4 Å². The number of aromatic nitrogens is 3. The number of carbonyl (C=O) groups is 1. The van der Waals surface area contributed by atoms with E-state index in [1.165, 1.54) is 11.8 Å². The molecule has 2 heterocycles. The number of halogens is 2. The van der Waals surface area contributed by atoms with Crippen LogP contribution >= 0.6 is 35.0 Å². The van der Waals surface area contributed by atoms with Crippen molar-refractivity contribution in [2.45, 2.75) is 42.5 Å². The predicted molar refractivity (Wildman–Crippen MR) is 80.7 cm³/mol. The first-order valence-electron chi connectivity index (χ1n) is 6.54. The highest BCUT2D eigenvalue weighted by molar-refractivity contribution is 8.00. The van der Waals surface area contributed by atoms with E-state index in [0.29, 0.717) is 33.1 Å². The minimum atomic E-state index is -0.0392. The fraction of sp³-hybridized carbons (Fsp3) is 0.462. The number of thioether (sulfide) groups is 1. The molecule has 0 aliphatic heterocycles. The summed E-state index contributed by atoms with van der Waals surface area (Å²) in [5.74, 6) is 0.303. The second-order valence-electron chi connectivity index (χ2n) is 4.85. The molecule has 1 aliphatic carbocycles. The van der Waals surface area contributed by atoms with Crippen LogP contribution in [0.5, 0.6) is 0 Å². The summed E-state index contributed by atoms with van der Waals surface area (Å²) >= 11 is 13.6. The van der Waals surface area contributed by atoms with Gasteiger partial charge in [0.2, 0.25) is 0 Å². The number of fused-ring (bicyclic) bond motifs is 1. The topological polar surface area (TPSA) is 47.3 Å². The number of ketones is 1. The minimum absolute atomic E-state index is 0.0392. The van der Waals surface area contributed by atoms with Crippen LogP contribution in [0.3, 0.4) is 0 Å². The van der Waals surface area contributed by atoms with Gasteiger partial charge in [-0.2, -0.15) is 0 Å². The molecule has 3 rings (SSSR count). The van der Waals surface area contributed by atoms with Crippen molar-refractivity contribution in [1.29, 1.82) is 0 Å². The first kappa shape index (κ1) is 14.2. The molecule has 4 nitrogen and oxygen atoms in total. The molecule has 0 bridgehead atoms. The molecular weight excluding hydrogens is 317 g/mol. The molecule has 1 unspecified atom stereocenters. The Balaban J connectivity index is 1.92. The van der Waals surface area contributed by atoms with Crippen molar-refractivity contribution < 1.29 is 4.79 Å². The van der Waals surface area contributed by atoms with E-state index in [1.807, 2.05) is 0 Å². The van der Waals surface area contributed by atoms with E-state index >= 15 is 0 Å². The molecule has 0 aromatic carbocycles. The molecule has 1 atom stereocenters. The maximum atomic E-state index is 12.1. The Morgan fingerprint density at radius 3 is 2.95 bits per heavy atom.